The molecule has 1 unspecified atom stereocenters. The first-order chi connectivity index (χ1) is 15.4. The van der Waals surface area contributed by atoms with E-state index in [1.807, 2.05) is 43.0 Å². The Balaban J connectivity index is 1.76. The van der Waals surface area contributed by atoms with Crippen LogP contribution in [-0.4, -0.2) is 59.0 Å². The van der Waals surface area contributed by atoms with Crippen molar-refractivity contribution in [1.29, 1.82) is 0 Å². The molecule has 1 atom stereocenters. The average molecular weight is 474 g/mol. The molecule has 1 aliphatic heterocycles. The number of aryl methyl sites for hydroxylation is 2. The fourth-order valence-electron chi connectivity index (χ4n) is 3.88. The van der Waals surface area contributed by atoms with Gasteiger partial charge in [-0.25, -0.2) is 4.98 Å². The molecule has 4 rings (SSSR count). The van der Waals surface area contributed by atoms with Crippen LogP contribution in [-0.2, 0) is 16.0 Å². The molecule has 1 aliphatic rings. The highest BCUT2D eigenvalue weighted by atomic mass is 32.2. The Kier molecular flexibility index (Phi) is 6.88. The number of benzene rings is 1. The van der Waals surface area contributed by atoms with Gasteiger partial charge in [0.2, 0.25) is 5.91 Å². The Morgan fingerprint density at radius 1 is 1.41 bits per heavy atom. The summed E-state index contributed by atoms with van der Waals surface area (Å²) in [6.07, 6.45) is 0.880. The predicted octanol–water partition coefficient (Wildman–Crippen LogP) is 3.67. The molecule has 32 heavy (non-hydrogen) atoms. The minimum absolute atomic E-state index is 0.0216. The number of carbonyl (C=O) groups excluding carboxylic acids is 1. The third-order valence-electron chi connectivity index (χ3n) is 5.58. The summed E-state index contributed by atoms with van der Waals surface area (Å²) < 4.78 is 12.5. The summed E-state index contributed by atoms with van der Waals surface area (Å²) >= 11 is 2.85. The van der Waals surface area contributed by atoms with Crippen LogP contribution < -0.4 is 10.3 Å². The van der Waals surface area contributed by atoms with Crippen LogP contribution in [0.3, 0.4) is 0 Å². The summed E-state index contributed by atoms with van der Waals surface area (Å²) in [4.78, 5) is 35.0. The summed E-state index contributed by atoms with van der Waals surface area (Å²) in [6, 6.07) is 7.35. The van der Waals surface area contributed by atoms with Gasteiger partial charge in [-0.05, 0) is 38.0 Å². The number of hydrogen-bond acceptors (Lipinski definition) is 7. The molecular weight excluding hydrogens is 446 g/mol. The molecule has 1 amide bonds. The van der Waals surface area contributed by atoms with E-state index in [4.69, 9.17) is 14.5 Å². The smallest absolute Gasteiger partial charge is 0.267 e. The maximum Gasteiger partial charge on any atom is 0.267 e. The zero-order valence-electron chi connectivity index (χ0n) is 18.7. The summed E-state index contributed by atoms with van der Waals surface area (Å²) in [6.45, 7) is 7.74. The number of morpholine rings is 1. The molecule has 0 spiro atoms. The normalized spacial score (nSPS) is 16.5. The van der Waals surface area contributed by atoms with Gasteiger partial charge in [0.1, 0.15) is 10.6 Å². The van der Waals surface area contributed by atoms with Gasteiger partial charge >= 0.3 is 0 Å². The number of amides is 1. The number of thioether (sulfide) groups is 1. The lowest BCUT2D eigenvalue weighted by atomic mass is 10.2. The van der Waals surface area contributed by atoms with E-state index in [1.54, 1.807) is 23.0 Å². The van der Waals surface area contributed by atoms with Crippen LogP contribution in [0.2, 0.25) is 0 Å². The molecule has 170 valence electrons. The number of aromatic nitrogens is 2. The Hall–Kier alpha value is -2.36. The number of fused-ring (bicyclic) bond motifs is 1. The van der Waals surface area contributed by atoms with Crippen molar-refractivity contribution in [3.63, 3.8) is 0 Å². The van der Waals surface area contributed by atoms with Gasteiger partial charge in [-0.15, -0.1) is 11.3 Å². The molecule has 0 N–H and O–H groups in total. The van der Waals surface area contributed by atoms with Crippen LogP contribution >= 0.6 is 23.1 Å². The predicted molar refractivity (Wildman–Crippen MR) is 129 cm³/mol. The van der Waals surface area contributed by atoms with Crippen LogP contribution in [0.25, 0.3) is 15.9 Å². The van der Waals surface area contributed by atoms with Crippen molar-refractivity contribution in [2.24, 2.45) is 0 Å². The Labute approximate surface area is 195 Å². The van der Waals surface area contributed by atoms with Crippen LogP contribution in [0, 0.1) is 6.92 Å². The topological polar surface area (TPSA) is 73.7 Å². The molecule has 1 saturated heterocycles. The SMILES string of the molecule is CCc1sc2nc(SCC(=O)N3CCOC(C)C3)n(-c3cccc(OC)c3)c(=O)c2c1C. The number of rotatable bonds is 6. The second-order valence-electron chi connectivity index (χ2n) is 7.73. The molecule has 0 bridgehead atoms. The van der Waals surface area contributed by atoms with Crippen molar-refractivity contribution < 1.29 is 14.3 Å². The molecule has 0 radical (unpaired) electrons. The quantitative estimate of drug-likeness (QED) is 0.402. The Morgan fingerprint density at radius 3 is 2.94 bits per heavy atom. The molecule has 2 aromatic heterocycles. The second-order valence-corrected chi connectivity index (χ2v) is 9.76. The van der Waals surface area contributed by atoms with E-state index in [-0.39, 0.29) is 23.3 Å². The summed E-state index contributed by atoms with van der Waals surface area (Å²) in [5.74, 6) is 0.882. The van der Waals surface area contributed by atoms with E-state index in [0.29, 0.717) is 41.7 Å². The number of methoxy groups -OCH3 is 1. The van der Waals surface area contributed by atoms with Crippen molar-refractivity contribution in [2.75, 3.05) is 32.6 Å². The zero-order chi connectivity index (χ0) is 22.8. The highest BCUT2D eigenvalue weighted by Crippen LogP contribution is 2.31. The third kappa shape index (κ3) is 4.42. The van der Waals surface area contributed by atoms with Gasteiger partial charge in [-0.1, -0.05) is 24.8 Å². The van der Waals surface area contributed by atoms with Crippen LogP contribution in [0.15, 0.2) is 34.2 Å². The largest absolute Gasteiger partial charge is 0.497 e. The molecule has 3 aromatic rings. The summed E-state index contributed by atoms with van der Waals surface area (Å²) in [5.41, 5.74) is 1.53. The molecule has 1 aromatic carbocycles. The standard InChI is InChI=1S/C23H27N3O4S2/c1-5-18-15(3)20-21(32-18)24-23(31-13-19(27)25-9-10-30-14(2)12-25)26(22(20)28)16-7-6-8-17(11-16)29-4/h6-8,11,14H,5,9-10,12-13H2,1-4H3. The molecule has 1 fully saturated rings. The lowest BCUT2D eigenvalue weighted by Crippen LogP contribution is -2.45. The van der Waals surface area contributed by atoms with Crippen LogP contribution in [0.5, 0.6) is 5.75 Å². The summed E-state index contributed by atoms with van der Waals surface area (Å²) in [5, 5.41) is 1.15. The van der Waals surface area contributed by atoms with Gasteiger partial charge in [0, 0.05) is 24.0 Å². The van der Waals surface area contributed by atoms with Crippen molar-refractivity contribution in [2.45, 2.75) is 38.5 Å². The molecule has 0 aliphatic carbocycles. The van der Waals surface area contributed by atoms with Crippen molar-refractivity contribution in [1.82, 2.24) is 14.5 Å². The van der Waals surface area contributed by atoms with Crippen molar-refractivity contribution in [3.05, 3.63) is 45.1 Å². The van der Waals surface area contributed by atoms with E-state index in [9.17, 15) is 9.59 Å². The van der Waals surface area contributed by atoms with Crippen molar-refractivity contribution in [3.8, 4) is 11.4 Å². The highest BCUT2D eigenvalue weighted by Gasteiger charge is 2.23. The van der Waals surface area contributed by atoms with Gasteiger partial charge in [0.25, 0.3) is 5.56 Å². The van der Waals surface area contributed by atoms with Gasteiger partial charge in [0.15, 0.2) is 5.16 Å². The number of hydrogen-bond donors (Lipinski definition) is 0. The lowest BCUT2D eigenvalue weighted by Gasteiger charge is -2.31. The maximum absolute atomic E-state index is 13.7. The second kappa shape index (κ2) is 9.64. The fourth-order valence-corrected chi connectivity index (χ4v) is 5.96. The minimum atomic E-state index is -0.119. The Bertz CT molecular complexity index is 1200. The van der Waals surface area contributed by atoms with Gasteiger partial charge in [0.05, 0.1) is 36.6 Å². The summed E-state index contributed by atoms with van der Waals surface area (Å²) in [7, 11) is 1.59. The first kappa shape index (κ1) is 22.8. The van der Waals surface area contributed by atoms with Gasteiger partial charge in [-0.2, -0.15) is 0 Å². The molecular formula is C23H27N3O4S2. The third-order valence-corrected chi connectivity index (χ3v) is 7.84. The van der Waals surface area contributed by atoms with E-state index in [1.165, 1.54) is 11.8 Å². The van der Waals surface area contributed by atoms with Gasteiger partial charge in [-0.3, -0.25) is 14.2 Å². The van der Waals surface area contributed by atoms with Crippen molar-refractivity contribution >= 4 is 39.2 Å². The van der Waals surface area contributed by atoms with E-state index < -0.39 is 0 Å². The number of nitrogens with zero attached hydrogens (tertiary/aromatic N) is 3. The molecule has 3 heterocycles. The first-order valence-corrected chi connectivity index (χ1v) is 12.4. The first-order valence-electron chi connectivity index (χ1n) is 10.6. The highest BCUT2D eigenvalue weighted by molar-refractivity contribution is 7.99. The Morgan fingerprint density at radius 2 is 2.22 bits per heavy atom. The average Bonchev–Trinajstić information content (AvgIpc) is 3.13. The fraction of sp³-hybridized carbons (Fsp3) is 0.435. The lowest BCUT2D eigenvalue weighted by molar-refractivity contribution is -0.135. The molecule has 7 nitrogen and oxygen atoms in total. The molecule has 9 heteroatoms. The zero-order valence-corrected chi connectivity index (χ0v) is 20.3. The number of ether oxygens (including phenoxy) is 2. The van der Waals surface area contributed by atoms with E-state index in [2.05, 4.69) is 6.92 Å². The maximum atomic E-state index is 13.7. The van der Waals surface area contributed by atoms with E-state index >= 15 is 0 Å². The van der Waals surface area contributed by atoms with Crippen LogP contribution in [0.4, 0.5) is 0 Å². The number of thiophene rings is 1. The minimum Gasteiger partial charge on any atom is -0.497 e. The molecule has 0 saturated carbocycles. The monoisotopic (exact) mass is 473 g/mol. The van der Waals surface area contributed by atoms with E-state index in [0.717, 1.165) is 21.7 Å². The van der Waals surface area contributed by atoms with Crippen LogP contribution in [0.1, 0.15) is 24.3 Å². The van der Waals surface area contributed by atoms with Gasteiger partial charge < -0.3 is 14.4 Å². The number of carbonyl (C=O) groups is 1.